The Morgan fingerprint density at radius 3 is 2.95 bits per heavy atom. The number of carbonyl (C=O) groups is 2. The summed E-state index contributed by atoms with van der Waals surface area (Å²) in [7, 11) is 0. The lowest BCUT2D eigenvalue weighted by Crippen LogP contribution is -2.31. The van der Waals surface area contributed by atoms with E-state index < -0.39 is 0 Å². The summed E-state index contributed by atoms with van der Waals surface area (Å²) in [4.78, 5) is 22.8. The second-order valence-corrected chi connectivity index (χ2v) is 5.19. The molecule has 20 heavy (non-hydrogen) atoms. The summed E-state index contributed by atoms with van der Waals surface area (Å²) in [5, 5.41) is 5.64. The van der Waals surface area contributed by atoms with Crippen molar-refractivity contribution >= 4 is 17.5 Å². The van der Waals surface area contributed by atoms with Crippen LogP contribution in [0.15, 0.2) is 18.2 Å². The molecule has 5 nitrogen and oxygen atoms in total. The fraction of sp³-hybridized carbons (Fsp3) is 0.467. The fourth-order valence-corrected chi connectivity index (χ4v) is 2.10. The van der Waals surface area contributed by atoms with Crippen LogP contribution in [0.25, 0.3) is 0 Å². The number of hydrogen-bond acceptors (Lipinski definition) is 3. The Morgan fingerprint density at radius 2 is 2.20 bits per heavy atom. The number of hydrogen-bond donors (Lipinski definition) is 2. The molecule has 0 aromatic heterocycles. The smallest absolute Gasteiger partial charge is 0.224 e. The third-order valence-corrected chi connectivity index (χ3v) is 3.02. The van der Waals surface area contributed by atoms with E-state index >= 15 is 0 Å². The largest absolute Gasteiger partial charge is 0.493 e. The summed E-state index contributed by atoms with van der Waals surface area (Å²) in [5.74, 6) is 0.681. The van der Waals surface area contributed by atoms with Crippen molar-refractivity contribution in [3.63, 3.8) is 0 Å². The van der Waals surface area contributed by atoms with Crippen LogP contribution < -0.4 is 15.4 Å². The molecule has 0 bridgehead atoms. The zero-order valence-electron chi connectivity index (χ0n) is 11.9. The summed E-state index contributed by atoms with van der Waals surface area (Å²) in [6.07, 6.45) is 1.61. The van der Waals surface area contributed by atoms with Gasteiger partial charge in [0.15, 0.2) is 0 Å². The summed E-state index contributed by atoms with van der Waals surface area (Å²) < 4.78 is 5.55. The van der Waals surface area contributed by atoms with E-state index in [1.807, 2.05) is 32.0 Å². The Labute approximate surface area is 118 Å². The third kappa shape index (κ3) is 3.98. The van der Waals surface area contributed by atoms with Crippen molar-refractivity contribution in [2.24, 2.45) is 0 Å². The number of amides is 2. The van der Waals surface area contributed by atoms with Crippen LogP contribution >= 0.6 is 0 Å². The lowest BCUT2D eigenvalue weighted by Gasteiger charge is -2.17. The molecule has 1 aliphatic rings. The van der Waals surface area contributed by atoms with Gasteiger partial charge >= 0.3 is 0 Å². The highest BCUT2D eigenvalue weighted by Crippen LogP contribution is 2.27. The SMILES string of the molecule is CC(C)NC(=O)CCOc1ccc2c(c1)NC(=O)CC2. The highest BCUT2D eigenvalue weighted by atomic mass is 16.5. The van der Waals surface area contributed by atoms with E-state index in [4.69, 9.17) is 4.74 Å². The van der Waals surface area contributed by atoms with Gasteiger partial charge < -0.3 is 15.4 Å². The van der Waals surface area contributed by atoms with Gasteiger partial charge in [-0.15, -0.1) is 0 Å². The summed E-state index contributed by atoms with van der Waals surface area (Å²) in [5.41, 5.74) is 1.93. The van der Waals surface area contributed by atoms with Gasteiger partial charge in [-0.05, 0) is 31.9 Å². The van der Waals surface area contributed by atoms with Crippen molar-refractivity contribution in [3.8, 4) is 5.75 Å². The zero-order chi connectivity index (χ0) is 14.5. The molecule has 0 radical (unpaired) electrons. The molecule has 0 aliphatic carbocycles. The van der Waals surface area contributed by atoms with Crippen LogP contribution in [-0.4, -0.2) is 24.5 Å². The van der Waals surface area contributed by atoms with Crippen molar-refractivity contribution in [1.82, 2.24) is 5.32 Å². The lowest BCUT2D eigenvalue weighted by atomic mass is 10.0. The summed E-state index contributed by atoms with van der Waals surface area (Å²) >= 11 is 0. The van der Waals surface area contributed by atoms with Gasteiger partial charge in [0.25, 0.3) is 0 Å². The topological polar surface area (TPSA) is 67.4 Å². The maximum absolute atomic E-state index is 11.5. The first-order valence-electron chi connectivity index (χ1n) is 6.89. The minimum absolute atomic E-state index is 0.0220. The predicted molar refractivity (Wildman–Crippen MR) is 76.8 cm³/mol. The van der Waals surface area contributed by atoms with Crippen molar-refractivity contribution in [2.75, 3.05) is 11.9 Å². The zero-order valence-corrected chi connectivity index (χ0v) is 11.9. The van der Waals surface area contributed by atoms with Crippen molar-refractivity contribution < 1.29 is 14.3 Å². The van der Waals surface area contributed by atoms with Crippen LogP contribution in [0.3, 0.4) is 0 Å². The number of aryl methyl sites for hydroxylation is 1. The first-order valence-corrected chi connectivity index (χ1v) is 6.89. The standard InChI is InChI=1S/C15H20N2O3/c1-10(2)16-15(19)7-8-20-12-5-3-11-4-6-14(18)17-13(11)9-12/h3,5,9-10H,4,6-8H2,1-2H3,(H,16,19)(H,17,18). The number of nitrogens with one attached hydrogen (secondary N) is 2. The van der Waals surface area contributed by atoms with Crippen LogP contribution in [0.1, 0.15) is 32.3 Å². The molecule has 1 heterocycles. The molecule has 0 saturated heterocycles. The van der Waals surface area contributed by atoms with E-state index in [1.54, 1.807) is 0 Å². The number of anilines is 1. The molecule has 1 aromatic carbocycles. The normalized spacial score (nSPS) is 13.7. The van der Waals surface area contributed by atoms with Gasteiger partial charge in [0.1, 0.15) is 5.75 Å². The monoisotopic (exact) mass is 276 g/mol. The van der Waals surface area contributed by atoms with Crippen LogP contribution in [0.2, 0.25) is 0 Å². The van der Waals surface area contributed by atoms with Gasteiger partial charge in [-0.2, -0.15) is 0 Å². The van der Waals surface area contributed by atoms with E-state index in [-0.39, 0.29) is 17.9 Å². The Bertz CT molecular complexity index is 512. The highest BCUT2D eigenvalue weighted by molar-refractivity contribution is 5.94. The van der Waals surface area contributed by atoms with E-state index in [2.05, 4.69) is 10.6 Å². The molecule has 0 spiro atoms. The van der Waals surface area contributed by atoms with E-state index in [1.165, 1.54) is 0 Å². The van der Waals surface area contributed by atoms with Gasteiger partial charge in [0.2, 0.25) is 11.8 Å². The molecule has 2 N–H and O–H groups in total. The van der Waals surface area contributed by atoms with E-state index in [9.17, 15) is 9.59 Å². The molecular weight excluding hydrogens is 256 g/mol. The first-order chi connectivity index (χ1) is 9.54. The van der Waals surface area contributed by atoms with Gasteiger partial charge in [0, 0.05) is 24.2 Å². The Balaban J connectivity index is 1.86. The number of carbonyl (C=O) groups excluding carboxylic acids is 2. The van der Waals surface area contributed by atoms with Gasteiger partial charge in [-0.3, -0.25) is 9.59 Å². The number of benzene rings is 1. The second-order valence-electron chi connectivity index (χ2n) is 5.19. The average Bonchev–Trinajstić information content (AvgIpc) is 2.37. The second kappa shape index (κ2) is 6.41. The molecule has 0 saturated carbocycles. The highest BCUT2D eigenvalue weighted by Gasteiger charge is 2.15. The quantitative estimate of drug-likeness (QED) is 0.862. The molecule has 1 aliphatic heterocycles. The fourth-order valence-electron chi connectivity index (χ4n) is 2.10. The third-order valence-electron chi connectivity index (χ3n) is 3.02. The molecule has 0 unspecified atom stereocenters. The summed E-state index contributed by atoms with van der Waals surface area (Å²) in [6.45, 7) is 4.17. The molecule has 108 valence electrons. The Morgan fingerprint density at radius 1 is 1.40 bits per heavy atom. The molecule has 0 atom stereocenters. The molecule has 2 rings (SSSR count). The number of ether oxygens (including phenoxy) is 1. The van der Waals surface area contributed by atoms with E-state index in [0.717, 1.165) is 17.7 Å². The van der Waals surface area contributed by atoms with Crippen molar-refractivity contribution in [2.45, 2.75) is 39.2 Å². The lowest BCUT2D eigenvalue weighted by molar-refractivity contribution is -0.122. The Hall–Kier alpha value is -2.04. The van der Waals surface area contributed by atoms with Gasteiger partial charge in [-0.25, -0.2) is 0 Å². The van der Waals surface area contributed by atoms with Crippen molar-refractivity contribution in [3.05, 3.63) is 23.8 Å². The first kappa shape index (κ1) is 14.4. The van der Waals surface area contributed by atoms with Crippen LogP contribution in [0, 0.1) is 0 Å². The van der Waals surface area contributed by atoms with Gasteiger partial charge in [-0.1, -0.05) is 6.07 Å². The average molecular weight is 276 g/mol. The molecular formula is C15H20N2O3. The molecule has 5 heteroatoms. The maximum atomic E-state index is 11.5. The Kier molecular flexibility index (Phi) is 4.61. The minimum atomic E-state index is -0.0220. The van der Waals surface area contributed by atoms with Crippen LogP contribution in [0.5, 0.6) is 5.75 Å². The van der Waals surface area contributed by atoms with Gasteiger partial charge in [0.05, 0.1) is 13.0 Å². The van der Waals surface area contributed by atoms with Crippen LogP contribution in [0.4, 0.5) is 5.69 Å². The minimum Gasteiger partial charge on any atom is -0.493 e. The van der Waals surface area contributed by atoms with Crippen molar-refractivity contribution in [1.29, 1.82) is 0 Å². The number of rotatable bonds is 5. The number of fused-ring (bicyclic) bond motifs is 1. The van der Waals surface area contributed by atoms with Crippen LogP contribution in [-0.2, 0) is 16.0 Å². The molecule has 0 fully saturated rings. The molecule has 1 aromatic rings. The van der Waals surface area contributed by atoms with E-state index in [0.29, 0.717) is 25.2 Å². The predicted octanol–water partition coefficient (Wildman–Crippen LogP) is 1.86. The maximum Gasteiger partial charge on any atom is 0.224 e. The summed E-state index contributed by atoms with van der Waals surface area (Å²) in [6, 6.07) is 5.78. The molecule has 2 amide bonds.